The van der Waals surface area contributed by atoms with Crippen molar-refractivity contribution in [3.05, 3.63) is 0 Å². The number of carboxylic acid groups (broad SMARTS) is 2. The van der Waals surface area contributed by atoms with Crippen LogP contribution in [0.15, 0.2) is 0 Å². The van der Waals surface area contributed by atoms with Gasteiger partial charge in [-0.3, -0.25) is 9.59 Å². The van der Waals surface area contributed by atoms with Crippen LogP contribution in [0.4, 0.5) is 0 Å². The summed E-state index contributed by atoms with van der Waals surface area (Å²) in [5, 5.41) is 14.8. The second kappa shape index (κ2) is 6.85. The third-order valence-electron chi connectivity index (χ3n) is 1.00. The van der Waals surface area contributed by atoms with Crippen molar-refractivity contribution < 1.29 is 42.2 Å². The molecule has 2 unspecified atom stereocenters. The fraction of sp³-hybridized carbons (Fsp3) is 0.600. The Morgan fingerprint density at radius 3 is 1.92 bits per heavy atom. The molecule has 0 bridgehead atoms. The Labute approximate surface area is 96.1 Å². The second-order valence-corrected chi connectivity index (χ2v) is 3.17. The molecule has 0 aliphatic rings. The number of hydrogen-bond acceptors (Lipinski definition) is 4. The molecule has 0 aromatic carbocycles. The summed E-state index contributed by atoms with van der Waals surface area (Å²) in [7, 11) is 0. The molecule has 7 heteroatoms. The van der Waals surface area contributed by atoms with Crippen molar-refractivity contribution in [2.24, 2.45) is 0 Å². The minimum atomic E-state index is -1.16. The summed E-state index contributed by atoms with van der Waals surface area (Å²) in [6.07, 6.45) is -0.302. The molecule has 0 aliphatic carbocycles. The van der Waals surface area contributed by atoms with E-state index < -0.39 is 22.4 Å². The van der Waals surface area contributed by atoms with Gasteiger partial charge in [-0.2, -0.15) is 25.3 Å². The zero-order valence-electron chi connectivity index (χ0n) is 5.77. The van der Waals surface area contributed by atoms with Crippen LogP contribution in [-0.4, -0.2) is 32.7 Å². The van der Waals surface area contributed by atoms with E-state index in [2.05, 4.69) is 25.3 Å². The van der Waals surface area contributed by atoms with E-state index in [0.29, 0.717) is 0 Å². The molecule has 75 valence electrons. The van der Waals surface area contributed by atoms with Gasteiger partial charge in [0, 0.05) is 27.6 Å². The SMILES string of the molecule is O=C(O)CC(S)C(S)C(=O)O.[Au]. The molecule has 2 atom stereocenters. The van der Waals surface area contributed by atoms with Crippen molar-refractivity contribution in [3.8, 4) is 0 Å². The molecule has 0 aliphatic heterocycles. The van der Waals surface area contributed by atoms with Crippen molar-refractivity contribution >= 4 is 37.2 Å². The Kier molecular flexibility index (Phi) is 8.49. The predicted octanol–water partition coefficient (Wildman–Crippen LogP) is 0.140. The fourth-order valence-electron chi connectivity index (χ4n) is 0.455. The molecule has 1 radical (unpaired) electrons. The predicted molar refractivity (Wildman–Crippen MR) is 45.4 cm³/mol. The summed E-state index contributed by atoms with van der Waals surface area (Å²) in [5.74, 6) is -2.24. The van der Waals surface area contributed by atoms with Gasteiger partial charge in [-0.05, 0) is 0 Å². The van der Waals surface area contributed by atoms with Crippen molar-refractivity contribution in [1.29, 1.82) is 0 Å². The van der Waals surface area contributed by atoms with Crippen LogP contribution < -0.4 is 0 Å². The number of rotatable bonds is 4. The number of hydrogen-bond donors (Lipinski definition) is 4. The summed E-state index contributed by atoms with van der Waals surface area (Å²) >= 11 is 7.42. The van der Waals surface area contributed by atoms with E-state index in [-0.39, 0.29) is 28.8 Å². The van der Waals surface area contributed by atoms with Gasteiger partial charge in [0.15, 0.2) is 0 Å². The van der Waals surface area contributed by atoms with E-state index in [9.17, 15) is 9.59 Å². The van der Waals surface area contributed by atoms with Crippen LogP contribution in [0, 0.1) is 0 Å². The first-order valence-electron chi connectivity index (χ1n) is 2.76. The zero-order valence-corrected chi connectivity index (χ0v) is 9.72. The molecule has 0 spiro atoms. The minimum absolute atomic E-state index is 0. The second-order valence-electron chi connectivity index (χ2n) is 1.95. The number of carbonyl (C=O) groups is 2. The van der Waals surface area contributed by atoms with Gasteiger partial charge in [0.05, 0.1) is 6.42 Å². The van der Waals surface area contributed by atoms with Crippen molar-refractivity contribution in [3.63, 3.8) is 0 Å². The van der Waals surface area contributed by atoms with E-state index in [1.807, 2.05) is 0 Å². The van der Waals surface area contributed by atoms with E-state index >= 15 is 0 Å². The normalized spacial score (nSPS) is 14.2. The van der Waals surface area contributed by atoms with Gasteiger partial charge in [-0.25, -0.2) is 0 Å². The van der Waals surface area contributed by atoms with Gasteiger partial charge in [0.25, 0.3) is 0 Å². The van der Waals surface area contributed by atoms with Crippen LogP contribution in [0.5, 0.6) is 0 Å². The first-order valence-corrected chi connectivity index (χ1v) is 3.79. The minimum Gasteiger partial charge on any atom is -0.481 e. The molecule has 12 heavy (non-hydrogen) atoms. The topological polar surface area (TPSA) is 74.6 Å². The third-order valence-corrected chi connectivity index (χ3v) is 2.30. The first kappa shape index (κ1) is 14.9. The van der Waals surface area contributed by atoms with Crippen LogP contribution in [0.2, 0.25) is 0 Å². The Morgan fingerprint density at radius 1 is 1.25 bits per heavy atom. The maximum Gasteiger partial charge on any atom is 0.317 e. The summed E-state index contributed by atoms with van der Waals surface area (Å²) < 4.78 is 0. The molecule has 0 fully saturated rings. The average Bonchev–Trinajstić information content (AvgIpc) is 1.84. The largest absolute Gasteiger partial charge is 0.481 e. The number of carboxylic acids is 2. The zero-order chi connectivity index (χ0) is 9.02. The van der Waals surface area contributed by atoms with Gasteiger partial charge in [0.2, 0.25) is 0 Å². The summed E-state index contributed by atoms with van der Waals surface area (Å²) in [4.78, 5) is 20.3. The molecule has 2 N–H and O–H groups in total. The van der Waals surface area contributed by atoms with Crippen LogP contribution >= 0.6 is 25.3 Å². The van der Waals surface area contributed by atoms with Gasteiger partial charge < -0.3 is 10.2 Å². The third kappa shape index (κ3) is 5.96. The first-order chi connectivity index (χ1) is 4.95. The maximum atomic E-state index is 10.2. The molecule has 0 amide bonds. The van der Waals surface area contributed by atoms with Crippen molar-refractivity contribution in [2.45, 2.75) is 16.9 Å². The molecular weight excluding hydrogens is 385 g/mol. The summed E-state index contributed by atoms with van der Waals surface area (Å²) in [6, 6.07) is 0. The van der Waals surface area contributed by atoms with Crippen LogP contribution in [0.3, 0.4) is 0 Å². The summed E-state index contributed by atoms with van der Waals surface area (Å²) in [5.41, 5.74) is 0. The van der Waals surface area contributed by atoms with E-state index in [1.54, 1.807) is 0 Å². The summed E-state index contributed by atoms with van der Waals surface area (Å²) in [6.45, 7) is 0. The maximum absolute atomic E-state index is 10.2. The molecule has 0 rings (SSSR count). The van der Waals surface area contributed by atoms with E-state index in [0.717, 1.165) is 0 Å². The monoisotopic (exact) mass is 393 g/mol. The molecule has 0 aromatic heterocycles. The Morgan fingerprint density at radius 2 is 1.67 bits per heavy atom. The van der Waals surface area contributed by atoms with Crippen LogP contribution in [0.1, 0.15) is 6.42 Å². The van der Waals surface area contributed by atoms with Crippen molar-refractivity contribution in [2.75, 3.05) is 0 Å². The quantitative estimate of drug-likeness (QED) is 0.405. The standard InChI is InChI=1S/C5H8O4S2.Au/c6-3(7)1-2(10)4(11)5(8)9;/h2,4,10-11H,1H2,(H,6,7)(H,8,9);. The number of aliphatic carboxylic acids is 2. The average molecular weight is 393 g/mol. The Balaban J connectivity index is 0. The Hall–Kier alpha value is 0.380. The molecule has 0 saturated heterocycles. The van der Waals surface area contributed by atoms with Crippen LogP contribution in [0.25, 0.3) is 0 Å². The molecule has 0 aromatic rings. The molecule has 0 heterocycles. The fourth-order valence-corrected chi connectivity index (χ4v) is 0.844. The van der Waals surface area contributed by atoms with Gasteiger partial charge >= 0.3 is 11.9 Å². The van der Waals surface area contributed by atoms with E-state index in [4.69, 9.17) is 10.2 Å². The number of thiol groups is 2. The van der Waals surface area contributed by atoms with Gasteiger partial charge in [-0.1, -0.05) is 0 Å². The Bertz CT molecular complexity index is 175. The molecule has 0 saturated carbocycles. The smallest absolute Gasteiger partial charge is 0.317 e. The van der Waals surface area contributed by atoms with Crippen molar-refractivity contribution in [1.82, 2.24) is 0 Å². The van der Waals surface area contributed by atoms with Gasteiger partial charge in [-0.15, -0.1) is 0 Å². The van der Waals surface area contributed by atoms with Gasteiger partial charge in [0.1, 0.15) is 5.25 Å². The van der Waals surface area contributed by atoms with Crippen LogP contribution in [-0.2, 0) is 32.0 Å². The molecular formula is C5H8AuO4S2. The van der Waals surface area contributed by atoms with E-state index in [1.165, 1.54) is 0 Å². The molecule has 4 nitrogen and oxygen atoms in total.